The van der Waals surface area contributed by atoms with Crippen molar-refractivity contribution in [3.05, 3.63) is 29.6 Å². The number of hydrogen-bond donors (Lipinski definition) is 0. The number of aromatic nitrogens is 3. The molecule has 0 radical (unpaired) electrons. The minimum Gasteiger partial charge on any atom is -0.481 e. The van der Waals surface area contributed by atoms with E-state index in [0.717, 1.165) is 48.9 Å². The molecule has 0 bridgehead atoms. The minimum atomic E-state index is 0.584. The highest BCUT2D eigenvalue weighted by molar-refractivity contribution is 5.60. The lowest BCUT2D eigenvalue weighted by Gasteiger charge is -2.29. The van der Waals surface area contributed by atoms with E-state index in [1.165, 1.54) is 0 Å². The average Bonchev–Trinajstić information content (AvgIpc) is 2.58. The monoisotopic (exact) mass is 300 g/mol. The Kier molecular flexibility index (Phi) is 4.20. The molecule has 3 heterocycles. The maximum Gasteiger partial charge on any atom is 0.212 e. The molecular formula is C16H20N4O2. The topological polar surface area (TPSA) is 60.4 Å². The third-order valence-electron chi connectivity index (χ3n) is 3.88. The number of pyridine rings is 1. The Labute approximate surface area is 130 Å². The molecule has 116 valence electrons. The first-order chi connectivity index (χ1) is 10.7. The van der Waals surface area contributed by atoms with Crippen molar-refractivity contribution in [2.24, 2.45) is 0 Å². The van der Waals surface area contributed by atoms with E-state index in [2.05, 4.69) is 21.8 Å². The summed E-state index contributed by atoms with van der Waals surface area (Å²) in [6.07, 6.45) is 1.74. The van der Waals surface area contributed by atoms with Gasteiger partial charge in [0.2, 0.25) is 5.88 Å². The van der Waals surface area contributed by atoms with Crippen LogP contribution in [0.2, 0.25) is 0 Å². The molecule has 0 unspecified atom stereocenters. The van der Waals surface area contributed by atoms with Gasteiger partial charge in [-0.25, -0.2) is 15.0 Å². The maximum absolute atomic E-state index is 5.42. The molecule has 1 fully saturated rings. The van der Waals surface area contributed by atoms with Crippen LogP contribution in [-0.4, -0.2) is 48.4 Å². The number of hydrogen-bond acceptors (Lipinski definition) is 6. The highest BCUT2D eigenvalue weighted by Crippen LogP contribution is 2.25. The number of rotatable bonds is 3. The van der Waals surface area contributed by atoms with Crippen LogP contribution >= 0.6 is 0 Å². The first kappa shape index (κ1) is 14.7. The summed E-state index contributed by atoms with van der Waals surface area (Å²) in [6.45, 7) is 7.27. The van der Waals surface area contributed by atoms with Crippen LogP contribution in [0, 0.1) is 13.8 Å². The van der Waals surface area contributed by atoms with E-state index in [1.54, 1.807) is 13.3 Å². The fraction of sp³-hybridized carbons (Fsp3) is 0.438. The van der Waals surface area contributed by atoms with Gasteiger partial charge in [-0.05, 0) is 19.9 Å². The third-order valence-corrected chi connectivity index (χ3v) is 3.88. The number of aryl methyl sites for hydroxylation is 1. The molecule has 3 rings (SSSR count). The van der Waals surface area contributed by atoms with Gasteiger partial charge in [0.05, 0.1) is 20.3 Å². The second-order valence-corrected chi connectivity index (χ2v) is 5.27. The lowest BCUT2D eigenvalue weighted by Crippen LogP contribution is -2.37. The molecule has 0 N–H and O–H groups in total. The summed E-state index contributed by atoms with van der Waals surface area (Å²) in [7, 11) is 1.60. The summed E-state index contributed by atoms with van der Waals surface area (Å²) < 4.78 is 10.5. The molecule has 0 amide bonds. The Balaban J connectivity index is 1.99. The fourth-order valence-corrected chi connectivity index (χ4v) is 2.46. The summed E-state index contributed by atoms with van der Waals surface area (Å²) in [5, 5.41) is 0. The molecular weight excluding hydrogens is 280 g/mol. The number of ether oxygens (including phenoxy) is 2. The maximum atomic E-state index is 5.42. The van der Waals surface area contributed by atoms with Gasteiger partial charge in [0.1, 0.15) is 5.82 Å². The summed E-state index contributed by atoms with van der Waals surface area (Å²) in [5.74, 6) is 2.27. The number of methoxy groups -OCH3 is 1. The number of nitrogens with zero attached hydrogens (tertiary/aromatic N) is 4. The summed E-state index contributed by atoms with van der Waals surface area (Å²) in [6, 6.07) is 3.75. The molecule has 0 saturated carbocycles. The Morgan fingerprint density at radius 2 is 1.91 bits per heavy atom. The largest absolute Gasteiger partial charge is 0.481 e. The standard InChI is InChI=1S/C16H20N4O2/c1-11-12(2)18-15(13-4-5-14(21-3)17-10-13)19-16(11)20-6-8-22-9-7-20/h4-5,10H,6-9H2,1-3H3. The molecule has 1 aliphatic rings. The smallest absolute Gasteiger partial charge is 0.212 e. The van der Waals surface area contributed by atoms with Crippen LogP contribution in [0.25, 0.3) is 11.4 Å². The summed E-state index contributed by atoms with van der Waals surface area (Å²) in [5.41, 5.74) is 2.99. The second kappa shape index (κ2) is 6.27. The second-order valence-electron chi connectivity index (χ2n) is 5.27. The van der Waals surface area contributed by atoms with Crippen molar-refractivity contribution < 1.29 is 9.47 Å². The predicted molar refractivity (Wildman–Crippen MR) is 84.3 cm³/mol. The third kappa shape index (κ3) is 2.87. The van der Waals surface area contributed by atoms with Crippen LogP contribution in [0.3, 0.4) is 0 Å². The quantitative estimate of drug-likeness (QED) is 0.864. The first-order valence-corrected chi connectivity index (χ1v) is 7.37. The van der Waals surface area contributed by atoms with E-state index in [9.17, 15) is 0 Å². The Morgan fingerprint density at radius 3 is 2.55 bits per heavy atom. The van der Waals surface area contributed by atoms with E-state index in [-0.39, 0.29) is 0 Å². The van der Waals surface area contributed by atoms with Crippen LogP contribution in [0.4, 0.5) is 5.82 Å². The Bertz CT molecular complexity index is 652. The highest BCUT2D eigenvalue weighted by Gasteiger charge is 2.18. The van der Waals surface area contributed by atoms with Gasteiger partial charge in [-0.1, -0.05) is 0 Å². The van der Waals surface area contributed by atoms with Crippen LogP contribution in [-0.2, 0) is 4.74 Å². The first-order valence-electron chi connectivity index (χ1n) is 7.37. The zero-order valence-electron chi connectivity index (χ0n) is 13.2. The van der Waals surface area contributed by atoms with E-state index in [1.807, 2.05) is 19.1 Å². The molecule has 0 aliphatic carbocycles. The lowest BCUT2D eigenvalue weighted by atomic mass is 10.2. The van der Waals surface area contributed by atoms with Crippen molar-refractivity contribution in [2.75, 3.05) is 38.3 Å². The van der Waals surface area contributed by atoms with E-state index in [0.29, 0.717) is 11.7 Å². The molecule has 2 aromatic rings. The Morgan fingerprint density at radius 1 is 1.14 bits per heavy atom. The molecule has 0 spiro atoms. The normalized spacial score (nSPS) is 15.0. The Hall–Kier alpha value is -2.21. The van der Waals surface area contributed by atoms with Crippen LogP contribution in [0.15, 0.2) is 18.3 Å². The molecule has 1 aliphatic heterocycles. The molecule has 6 heteroatoms. The molecule has 1 saturated heterocycles. The van der Waals surface area contributed by atoms with Crippen molar-refractivity contribution in [2.45, 2.75) is 13.8 Å². The van der Waals surface area contributed by atoms with Crippen molar-refractivity contribution in [1.29, 1.82) is 0 Å². The van der Waals surface area contributed by atoms with Gasteiger partial charge >= 0.3 is 0 Å². The van der Waals surface area contributed by atoms with Crippen molar-refractivity contribution in [3.8, 4) is 17.3 Å². The number of morpholine rings is 1. The molecule has 22 heavy (non-hydrogen) atoms. The summed E-state index contributed by atoms with van der Waals surface area (Å²) in [4.78, 5) is 15.9. The van der Waals surface area contributed by atoms with Crippen LogP contribution in [0.5, 0.6) is 5.88 Å². The van der Waals surface area contributed by atoms with Gasteiger partial charge in [0.15, 0.2) is 5.82 Å². The van der Waals surface area contributed by atoms with Gasteiger partial charge < -0.3 is 14.4 Å². The van der Waals surface area contributed by atoms with Crippen molar-refractivity contribution in [1.82, 2.24) is 15.0 Å². The molecule has 2 aromatic heterocycles. The molecule has 0 atom stereocenters. The zero-order valence-corrected chi connectivity index (χ0v) is 13.2. The summed E-state index contributed by atoms with van der Waals surface area (Å²) >= 11 is 0. The average molecular weight is 300 g/mol. The number of anilines is 1. The fourth-order valence-electron chi connectivity index (χ4n) is 2.46. The minimum absolute atomic E-state index is 0.584. The van der Waals surface area contributed by atoms with Crippen LogP contribution < -0.4 is 9.64 Å². The van der Waals surface area contributed by atoms with Gasteiger partial charge in [0, 0.05) is 42.2 Å². The van der Waals surface area contributed by atoms with Gasteiger partial charge in [0.25, 0.3) is 0 Å². The van der Waals surface area contributed by atoms with Gasteiger partial charge in [-0.15, -0.1) is 0 Å². The lowest BCUT2D eigenvalue weighted by molar-refractivity contribution is 0.122. The molecule has 6 nitrogen and oxygen atoms in total. The van der Waals surface area contributed by atoms with Crippen LogP contribution in [0.1, 0.15) is 11.3 Å². The van der Waals surface area contributed by atoms with Crippen molar-refractivity contribution in [3.63, 3.8) is 0 Å². The molecule has 0 aromatic carbocycles. The zero-order chi connectivity index (χ0) is 15.5. The van der Waals surface area contributed by atoms with E-state index < -0.39 is 0 Å². The van der Waals surface area contributed by atoms with Gasteiger partial charge in [-0.2, -0.15) is 0 Å². The highest BCUT2D eigenvalue weighted by atomic mass is 16.5. The van der Waals surface area contributed by atoms with Gasteiger partial charge in [-0.3, -0.25) is 0 Å². The van der Waals surface area contributed by atoms with Crippen molar-refractivity contribution >= 4 is 5.82 Å². The predicted octanol–water partition coefficient (Wildman–Crippen LogP) is 2.00. The van der Waals surface area contributed by atoms with E-state index in [4.69, 9.17) is 14.5 Å². The SMILES string of the molecule is COc1ccc(-c2nc(C)c(C)c(N3CCOCC3)n2)cn1. The van der Waals surface area contributed by atoms with E-state index >= 15 is 0 Å².